The maximum atomic E-state index is 12.4. The van der Waals surface area contributed by atoms with Gasteiger partial charge in [0, 0.05) is 17.5 Å². The molecule has 0 aliphatic heterocycles. The van der Waals surface area contributed by atoms with E-state index in [2.05, 4.69) is 18.8 Å². The number of nitrogens with zero attached hydrogens (tertiary/aromatic N) is 1. The Kier molecular flexibility index (Phi) is 12.8. The van der Waals surface area contributed by atoms with E-state index in [1.807, 2.05) is 54.7 Å². The standard InChI is InChI=1S/C27H37NO2S/c1-3-5-7-8-9-10-11-21-31-27(29)24-14-12-23(13-15-24)22-28-25-16-18-26(19-17-25)30-20-6-4-2/h12-19,22H,3-11,20-21H2,1-2H3. The number of rotatable bonds is 15. The minimum atomic E-state index is 0.160. The van der Waals surface area contributed by atoms with Crippen LogP contribution in [0.1, 0.15) is 87.6 Å². The van der Waals surface area contributed by atoms with Crippen LogP contribution in [0.4, 0.5) is 5.69 Å². The van der Waals surface area contributed by atoms with Crippen LogP contribution in [-0.4, -0.2) is 23.7 Å². The predicted molar refractivity (Wildman–Crippen MR) is 135 cm³/mol. The van der Waals surface area contributed by atoms with Crippen LogP contribution in [0.2, 0.25) is 0 Å². The van der Waals surface area contributed by atoms with Crippen molar-refractivity contribution in [3.63, 3.8) is 0 Å². The van der Waals surface area contributed by atoms with Crippen molar-refractivity contribution in [2.24, 2.45) is 4.99 Å². The molecule has 0 fully saturated rings. The second kappa shape index (κ2) is 15.7. The number of ether oxygens (including phenoxy) is 1. The molecule has 0 saturated heterocycles. The summed E-state index contributed by atoms with van der Waals surface area (Å²) < 4.78 is 5.68. The highest BCUT2D eigenvalue weighted by Crippen LogP contribution is 2.19. The molecule has 0 bridgehead atoms. The third kappa shape index (κ3) is 10.7. The Labute approximate surface area is 192 Å². The van der Waals surface area contributed by atoms with Crippen LogP contribution in [0.25, 0.3) is 0 Å². The van der Waals surface area contributed by atoms with Crippen LogP contribution in [0, 0.1) is 0 Å². The number of thioether (sulfide) groups is 1. The molecule has 2 aromatic rings. The van der Waals surface area contributed by atoms with Gasteiger partial charge < -0.3 is 4.74 Å². The van der Waals surface area contributed by atoms with Gasteiger partial charge in [-0.15, -0.1) is 0 Å². The second-order valence-electron chi connectivity index (χ2n) is 7.83. The normalized spacial score (nSPS) is 11.2. The highest BCUT2D eigenvalue weighted by molar-refractivity contribution is 8.14. The smallest absolute Gasteiger partial charge is 0.219 e. The molecule has 0 aliphatic carbocycles. The minimum absolute atomic E-state index is 0.160. The van der Waals surface area contributed by atoms with E-state index < -0.39 is 0 Å². The first kappa shape index (κ1) is 25.2. The maximum Gasteiger partial charge on any atom is 0.219 e. The van der Waals surface area contributed by atoms with E-state index >= 15 is 0 Å². The minimum Gasteiger partial charge on any atom is -0.494 e. The van der Waals surface area contributed by atoms with Gasteiger partial charge in [-0.3, -0.25) is 9.79 Å². The molecule has 2 aromatic carbocycles. The van der Waals surface area contributed by atoms with Crippen LogP contribution in [0.15, 0.2) is 53.5 Å². The van der Waals surface area contributed by atoms with Gasteiger partial charge in [0.15, 0.2) is 0 Å². The van der Waals surface area contributed by atoms with Crippen molar-refractivity contribution in [1.82, 2.24) is 0 Å². The van der Waals surface area contributed by atoms with Crippen LogP contribution in [0.3, 0.4) is 0 Å². The van der Waals surface area contributed by atoms with E-state index in [-0.39, 0.29) is 5.12 Å². The molecule has 0 aliphatic rings. The molecule has 0 radical (unpaired) electrons. The number of hydrogen-bond acceptors (Lipinski definition) is 4. The summed E-state index contributed by atoms with van der Waals surface area (Å²) in [5.74, 6) is 1.79. The second-order valence-corrected chi connectivity index (χ2v) is 8.90. The van der Waals surface area contributed by atoms with Crippen molar-refractivity contribution in [3.05, 3.63) is 59.7 Å². The van der Waals surface area contributed by atoms with Crippen molar-refractivity contribution in [1.29, 1.82) is 0 Å². The topological polar surface area (TPSA) is 38.7 Å². The van der Waals surface area contributed by atoms with Crippen molar-refractivity contribution in [2.75, 3.05) is 12.4 Å². The Morgan fingerprint density at radius 2 is 1.48 bits per heavy atom. The number of benzene rings is 2. The zero-order valence-corrected chi connectivity index (χ0v) is 20.0. The SMILES string of the molecule is CCCCCCCCCSC(=O)c1ccc(C=Nc2ccc(OCCCC)cc2)cc1. The molecule has 0 unspecified atom stereocenters. The van der Waals surface area contributed by atoms with Gasteiger partial charge in [0.1, 0.15) is 5.75 Å². The number of hydrogen-bond donors (Lipinski definition) is 0. The van der Waals surface area contributed by atoms with E-state index in [4.69, 9.17) is 4.74 Å². The molecule has 0 atom stereocenters. The van der Waals surface area contributed by atoms with Crippen LogP contribution < -0.4 is 4.74 Å². The number of aliphatic imine (C=N–C) groups is 1. The molecule has 0 spiro atoms. The largest absolute Gasteiger partial charge is 0.494 e. The van der Waals surface area contributed by atoms with E-state index in [1.54, 1.807) is 0 Å². The Balaban J connectivity index is 1.71. The number of unbranched alkanes of at least 4 members (excludes halogenated alkanes) is 7. The van der Waals surface area contributed by atoms with Crippen LogP contribution >= 0.6 is 11.8 Å². The van der Waals surface area contributed by atoms with Crippen molar-refractivity contribution in [2.45, 2.75) is 71.6 Å². The average molecular weight is 440 g/mol. The van der Waals surface area contributed by atoms with E-state index in [9.17, 15) is 4.79 Å². The number of carbonyl (C=O) groups excluding carboxylic acids is 1. The lowest BCUT2D eigenvalue weighted by molar-refractivity contribution is 0.108. The molecule has 0 aromatic heterocycles. The molecule has 0 saturated carbocycles. The van der Waals surface area contributed by atoms with Gasteiger partial charge in [-0.25, -0.2) is 0 Å². The summed E-state index contributed by atoms with van der Waals surface area (Å²) in [5.41, 5.74) is 2.63. The fourth-order valence-electron chi connectivity index (χ4n) is 3.12. The Hall–Kier alpha value is -2.07. The van der Waals surface area contributed by atoms with Gasteiger partial charge in [-0.2, -0.15) is 0 Å². The highest BCUT2D eigenvalue weighted by Gasteiger charge is 2.06. The first-order chi connectivity index (χ1) is 15.2. The van der Waals surface area contributed by atoms with Gasteiger partial charge in [0.25, 0.3) is 0 Å². The summed E-state index contributed by atoms with van der Waals surface area (Å²) in [6, 6.07) is 15.5. The Morgan fingerprint density at radius 3 is 2.16 bits per heavy atom. The fraction of sp³-hybridized carbons (Fsp3) is 0.481. The lowest BCUT2D eigenvalue weighted by Gasteiger charge is -2.05. The van der Waals surface area contributed by atoms with Crippen molar-refractivity contribution < 1.29 is 9.53 Å². The van der Waals surface area contributed by atoms with Crippen LogP contribution in [0.5, 0.6) is 5.75 Å². The van der Waals surface area contributed by atoms with Gasteiger partial charge in [-0.1, -0.05) is 82.7 Å². The molecule has 2 rings (SSSR count). The summed E-state index contributed by atoms with van der Waals surface area (Å²) in [6.07, 6.45) is 13.0. The highest BCUT2D eigenvalue weighted by atomic mass is 32.2. The third-order valence-electron chi connectivity index (χ3n) is 5.09. The molecule has 3 nitrogen and oxygen atoms in total. The van der Waals surface area contributed by atoms with Crippen molar-refractivity contribution in [3.8, 4) is 5.75 Å². The van der Waals surface area contributed by atoms with E-state index in [0.29, 0.717) is 0 Å². The number of carbonyl (C=O) groups is 1. The Morgan fingerprint density at radius 1 is 0.839 bits per heavy atom. The first-order valence-corrected chi connectivity index (χ1v) is 12.8. The van der Waals surface area contributed by atoms with Crippen LogP contribution in [-0.2, 0) is 0 Å². The molecule has 168 valence electrons. The van der Waals surface area contributed by atoms with E-state index in [1.165, 1.54) is 50.3 Å². The third-order valence-corrected chi connectivity index (χ3v) is 6.08. The summed E-state index contributed by atoms with van der Waals surface area (Å²) in [5, 5.41) is 0.160. The average Bonchev–Trinajstić information content (AvgIpc) is 2.80. The summed E-state index contributed by atoms with van der Waals surface area (Å²) in [7, 11) is 0. The molecular formula is C27H37NO2S. The van der Waals surface area contributed by atoms with Gasteiger partial charge in [0.2, 0.25) is 5.12 Å². The Bertz CT molecular complexity index is 769. The molecule has 31 heavy (non-hydrogen) atoms. The van der Waals surface area contributed by atoms with Gasteiger partial charge in [0.05, 0.1) is 12.3 Å². The quantitative estimate of drug-likeness (QED) is 0.207. The lowest BCUT2D eigenvalue weighted by Crippen LogP contribution is -1.96. The summed E-state index contributed by atoms with van der Waals surface area (Å²) >= 11 is 1.44. The maximum absolute atomic E-state index is 12.4. The molecule has 0 N–H and O–H groups in total. The van der Waals surface area contributed by atoms with Gasteiger partial charge >= 0.3 is 0 Å². The van der Waals surface area contributed by atoms with Gasteiger partial charge in [-0.05, 0) is 54.8 Å². The zero-order chi connectivity index (χ0) is 22.2. The summed E-state index contributed by atoms with van der Waals surface area (Å²) in [4.78, 5) is 16.9. The monoisotopic (exact) mass is 439 g/mol. The molecule has 0 amide bonds. The molecule has 4 heteroatoms. The lowest BCUT2D eigenvalue weighted by atomic mass is 10.1. The molecular weight excluding hydrogens is 402 g/mol. The molecule has 0 heterocycles. The van der Waals surface area contributed by atoms with E-state index in [0.717, 1.165) is 54.2 Å². The zero-order valence-electron chi connectivity index (χ0n) is 19.1. The fourth-order valence-corrected chi connectivity index (χ4v) is 3.96. The summed E-state index contributed by atoms with van der Waals surface area (Å²) in [6.45, 7) is 5.15. The van der Waals surface area contributed by atoms with Crippen molar-refractivity contribution >= 4 is 28.8 Å². The predicted octanol–water partition coefficient (Wildman–Crippen LogP) is 8.24. The first-order valence-electron chi connectivity index (χ1n) is 11.8.